The number of para-hydroxylation sites is 1. The number of ether oxygens (including phenoxy) is 1. The molecule has 0 bridgehead atoms. The van der Waals surface area contributed by atoms with Gasteiger partial charge in [0.05, 0.1) is 29.4 Å². The highest BCUT2D eigenvalue weighted by molar-refractivity contribution is 7.13. The van der Waals surface area contributed by atoms with Crippen LogP contribution in [0.3, 0.4) is 0 Å². The zero-order valence-corrected chi connectivity index (χ0v) is 12.2. The summed E-state index contributed by atoms with van der Waals surface area (Å²) in [5.41, 5.74) is 0.745. The van der Waals surface area contributed by atoms with E-state index in [1.807, 2.05) is 0 Å². The van der Waals surface area contributed by atoms with Gasteiger partial charge < -0.3 is 10.1 Å². The molecule has 1 N–H and O–H groups in total. The summed E-state index contributed by atoms with van der Waals surface area (Å²) < 4.78 is 18.4. The summed E-state index contributed by atoms with van der Waals surface area (Å²) in [7, 11) is 0. The van der Waals surface area contributed by atoms with Crippen molar-refractivity contribution in [3.05, 3.63) is 40.1 Å². The Bertz CT molecular complexity index is 598. The van der Waals surface area contributed by atoms with Crippen LogP contribution in [-0.4, -0.2) is 17.6 Å². The molecule has 2 aromatic rings. The molecule has 0 atom stereocenters. The molecular weight excluding hydrogens is 303 g/mol. The van der Waals surface area contributed by atoms with Gasteiger partial charge in [0, 0.05) is 5.38 Å². The Morgan fingerprint density at radius 2 is 2.35 bits per heavy atom. The Morgan fingerprint density at radius 1 is 1.55 bits per heavy atom. The van der Waals surface area contributed by atoms with E-state index in [9.17, 15) is 9.18 Å². The van der Waals surface area contributed by atoms with E-state index >= 15 is 0 Å². The van der Waals surface area contributed by atoms with E-state index in [4.69, 9.17) is 16.3 Å². The second-order valence-corrected chi connectivity index (χ2v) is 5.11. The van der Waals surface area contributed by atoms with E-state index in [0.29, 0.717) is 17.4 Å². The Balaban J connectivity index is 2.08. The highest BCUT2D eigenvalue weighted by Crippen LogP contribution is 2.29. The van der Waals surface area contributed by atoms with Crippen LogP contribution < -0.4 is 5.32 Å². The van der Waals surface area contributed by atoms with E-state index in [0.717, 1.165) is 0 Å². The first kappa shape index (κ1) is 14.7. The number of carbonyl (C=O) groups excluding carboxylic acids is 1. The highest BCUT2D eigenvalue weighted by atomic mass is 35.5. The zero-order chi connectivity index (χ0) is 14.5. The lowest BCUT2D eigenvalue weighted by Gasteiger charge is -2.05. The first-order valence-corrected chi connectivity index (χ1v) is 7.17. The summed E-state index contributed by atoms with van der Waals surface area (Å²) in [4.78, 5) is 15.5. The van der Waals surface area contributed by atoms with Gasteiger partial charge in [0.25, 0.3) is 0 Å². The first-order valence-electron chi connectivity index (χ1n) is 5.91. The van der Waals surface area contributed by atoms with Crippen LogP contribution in [0.1, 0.15) is 12.6 Å². The lowest BCUT2D eigenvalue weighted by atomic mass is 10.3. The summed E-state index contributed by atoms with van der Waals surface area (Å²) in [6.45, 7) is 2.07. The Hall–Kier alpha value is -1.66. The number of hydrogen-bond donors (Lipinski definition) is 1. The van der Waals surface area contributed by atoms with Crippen LogP contribution in [-0.2, 0) is 16.0 Å². The predicted octanol–water partition coefficient (Wildman–Crippen LogP) is 3.78. The van der Waals surface area contributed by atoms with Crippen molar-refractivity contribution in [2.75, 3.05) is 11.9 Å². The number of aromatic nitrogens is 1. The summed E-state index contributed by atoms with van der Waals surface area (Å²) in [5, 5.41) is 5.27. The number of thiazole rings is 1. The molecule has 0 aliphatic heterocycles. The molecule has 4 nitrogen and oxygen atoms in total. The monoisotopic (exact) mass is 314 g/mol. The van der Waals surface area contributed by atoms with Crippen LogP contribution in [0.4, 0.5) is 15.2 Å². The van der Waals surface area contributed by atoms with Crippen LogP contribution in [0.5, 0.6) is 0 Å². The molecule has 0 aliphatic rings. The standard InChI is InChI=1S/C13H12ClFN2O2S/c1-2-19-11(18)6-8-7-20-13(16-8)17-12-9(14)4-3-5-10(12)15/h3-5,7H,2,6H2,1H3,(H,16,17). The predicted molar refractivity (Wildman–Crippen MR) is 77.1 cm³/mol. The number of hydrogen-bond acceptors (Lipinski definition) is 5. The maximum absolute atomic E-state index is 13.6. The smallest absolute Gasteiger partial charge is 0.311 e. The molecule has 0 amide bonds. The normalized spacial score (nSPS) is 10.3. The number of halogens is 2. The Labute approximate surface area is 124 Å². The minimum Gasteiger partial charge on any atom is -0.466 e. The number of rotatable bonds is 5. The summed E-state index contributed by atoms with van der Waals surface area (Å²) in [5.74, 6) is -0.798. The minimum atomic E-state index is -0.459. The van der Waals surface area contributed by atoms with Crippen molar-refractivity contribution in [1.29, 1.82) is 0 Å². The maximum Gasteiger partial charge on any atom is 0.311 e. The van der Waals surface area contributed by atoms with Gasteiger partial charge in [-0.05, 0) is 19.1 Å². The van der Waals surface area contributed by atoms with Gasteiger partial charge in [-0.2, -0.15) is 0 Å². The van der Waals surface area contributed by atoms with E-state index in [1.165, 1.54) is 23.5 Å². The maximum atomic E-state index is 13.6. The molecule has 2 rings (SSSR count). The first-order chi connectivity index (χ1) is 9.60. The molecule has 106 valence electrons. The second kappa shape index (κ2) is 6.67. The van der Waals surface area contributed by atoms with Crippen LogP contribution in [0, 0.1) is 5.82 Å². The fourth-order valence-electron chi connectivity index (χ4n) is 1.53. The molecule has 0 saturated carbocycles. The minimum absolute atomic E-state index is 0.0943. The van der Waals surface area contributed by atoms with Crippen LogP contribution in [0.25, 0.3) is 0 Å². The Kier molecular flexibility index (Phi) is 4.92. The molecule has 20 heavy (non-hydrogen) atoms. The highest BCUT2D eigenvalue weighted by Gasteiger charge is 2.11. The van der Waals surface area contributed by atoms with E-state index in [1.54, 1.807) is 18.4 Å². The van der Waals surface area contributed by atoms with E-state index in [2.05, 4.69) is 10.3 Å². The number of nitrogens with zero attached hydrogens (tertiary/aromatic N) is 1. The third-order valence-electron chi connectivity index (χ3n) is 2.38. The van der Waals surface area contributed by atoms with E-state index < -0.39 is 5.82 Å². The largest absolute Gasteiger partial charge is 0.466 e. The van der Waals surface area contributed by atoms with Gasteiger partial charge in [-0.1, -0.05) is 17.7 Å². The second-order valence-electron chi connectivity index (χ2n) is 3.85. The van der Waals surface area contributed by atoms with Gasteiger partial charge in [0.2, 0.25) is 0 Å². The molecular formula is C13H12ClFN2O2S. The quantitative estimate of drug-likeness (QED) is 0.853. The molecule has 0 radical (unpaired) electrons. The average Bonchev–Trinajstić information content (AvgIpc) is 2.82. The number of benzene rings is 1. The third-order valence-corrected chi connectivity index (χ3v) is 3.50. The average molecular weight is 315 g/mol. The third kappa shape index (κ3) is 3.68. The molecule has 1 aromatic heterocycles. The van der Waals surface area contributed by atoms with Gasteiger partial charge in [-0.3, -0.25) is 4.79 Å². The number of carbonyl (C=O) groups is 1. The van der Waals surface area contributed by atoms with Crippen molar-refractivity contribution in [2.45, 2.75) is 13.3 Å². The summed E-state index contributed by atoms with van der Waals surface area (Å²) in [6, 6.07) is 4.42. The molecule has 7 heteroatoms. The van der Waals surface area contributed by atoms with Gasteiger partial charge in [0.1, 0.15) is 5.82 Å². The lowest BCUT2D eigenvalue weighted by Crippen LogP contribution is -2.07. The number of esters is 1. The molecule has 0 saturated heterocycles. The fourth-order valence-corrected chi connectivity index (χ4v) is 2.45. The molecule has 0 aliphatic carbocycles. The Morgan fingerprint density at radius 3 is 3.05 bits per heavy atom. The SMILES string of the molecule is CCOC(=O)Cc1csc(Nc2c(F)cccc2Cl)n1. The van der Waals surface area contributed by atoms with Crippen molar-refractivity contribution < 1.29 is 13.9 Å². The van der Waals surface area contributed by atoms with Crippen molar-refractivity contribution in [1.82, 2.24) is 4.98 Å². The van der Waals surface area contributed by atoms with Crippen molar-refractivity contribution in [3.63, 3.8) is 0 Å². The van der Waals surface area contributed by atoms with Crippen LogP contribution in [0.15, 0.2) is 23.6 Å². The molecule has 1 heterocycles. The van der Waals surface area contributed by atoms with Crippen molar-refractivity contribution >= 4 is 39.7 Å². The molecule has 0 fully saturated rings. The van der Waals surface area contributed by atoms with Gasteiger partial charge in [-0.15, -0.1) is 11.3 Å². The van der Waals surface area contributed by atoms with Crippen molar-refractivity contribution in [3.8, 4) is 0 Å². The van der Waals surface area contributed by atoms with Crippen LogP contribution >= 0.6 is 22.9 Å². The molecule has 0 spiro atoms. The topological polar surface area (TPSA) is 51.2 Å². The molecule has 0 unspecified atom stereocenters. The lowest BCUT2D eigenvalue weighted by molar-refractivity contribution is -0.142. The molecule has 1 aromatic carbocycles. The van der Waals surface area contributed by atoms with Crippen LogP contribution in [0.2, 0.25) is 5.02 Å². The van der Waals surface area contributed by atoms with Gasteiger partial charge in [0.15, 0.2) is 5.13 Å². The van der Waals surface area contributed by atoms with Gasteiger partial charge >= 0.3 is 5.97 Å². The number of anilines is 2. The fraction of sp³-hybridized carbons (Fsp3) is 0.231. The summed E-state index contributed by atoms with van der Waals surface area (Å²) >= 11 is 7.18. The number of nitrogens with one attached hydrogen (secondary N) is 1. The van der Waals surface area contributed by atoms with E-state index in [-0.39, 0.29) is 23.1 Å². The van der Waals surface area contributed by atoms with Crippen molar-refractivity contribution in [2.24, 2.45) is 0 Å². The van der Waals surface area contributed by atoms with Gasteiger partial charge in [-0.25, -0.2) is 9.37 Å². The zero-order valence-electron chi connectivity index (χ0n) is 10.7. The summed E-state index contributed by atoms with van der Waals surface area (Å²) in [6.07, 6.45) is 0.0943.